The van der Waals surface area contributed by atoms with E-state index in [-0.39, 0.29) is 6.54 Å². The van der Waals surface area contributed by atoms with Crippen LogP contribution in [0.1, 0.15) is 19.2 Å². The highest BCUT2D eigenvalue weighted by Gasteiger charge is 2.21. The standard InChI is InChI=1S/C10H20N4O2S/c1-3-9(8-11)17(15,16)13-5-4-10-12-6-7-14(10)2/h6-7,9,13H,3-5,8,11H2,1-2H3. The van der Waals surface area contributed by atoms with Crippen molar-refractivity contribution in [3.63, 3.8) is 0 Å². The van der Waals surface area contributed by atoms with Crippen molar-refractivity contribution in [2.24, 2.45) is 12.8 Å². The van der Waals surface area contributed by atoms with Crippen molar-refractivity contribution in [2.45, 2.75) is 25.0 Å². The molecule has 6 nitrogen and oxygen atoms in total. The van der Waals surface area contributed by atoms with Crippen LogP contribution in [0.15, 0.2) is 12.4 Å². The molecular weight excluding hydrogens is 240 g/mol. The van der Waals surface area contributed by atoms with Crippen LogP contribution in [0.3, 0.4) is 0 Å². The molecule has 1 aromatic rings. The normalized spacial score (nSPS) is 13.8. The monoisotopic (exact) mass is 260 g/mol. The van der Waals surface area contributed by atoms with E-state index in [1.165, 1.54) is 0 Å². The minimum Gasteiger partial charge on any atom is -0.338 e. The van der Waals surface area contributed by atoms with E-state index in [0.717, 1.165) is 5.82 Å². The lowest BCUT2D eigenvalue weighted by atomic mass is 10.3. The summed E-state index contributed by atoms with van der Waals surface area (Å²) in [5.74, 6) is 0.855. The minimum absolute atomic E-state index is 0.147. The smallest absolute Gasteiger partial charge is 0.215 e. The molecule has 0 radical (unpaired) electrons. The van der Waals surface area contributed by atoms with Crippen molar-refractivity contribution in [3.8, 4) is 0 Å². The van der Waals surface area contributed by atoms with E-state index in [4.69, 9.17) is 5.73 Å². The molecule has 0 bridgehead atoms. The van der Waals surface area contributed by atoms with Crippen molar-refractivity contribution in [2.75, 3.05) is 13.1 Å². The summed E-state index contributed by atoms with van der Waals surface area (Å²) >= 11 is 0. The molecule has 0 saturated carbocycles. The second-order valence-electron chi connectivity index (χ2n) is 3.91. The van der Waals surface area contributed by atoms with Gasteiger partial charge in [0.05, 0.1) is 5.25 Å². The molecule has 1 unspecified atom stereocenters. The number of hydrogen-bond acceptors (Lipinski definition) is 4. The zero-order valence-electron chi connectivity index (χ0n) is 10.3. The van der Waals surface area contributed by atoms with Gasteiger partial charge >= 0.3 is 0 Å². The van der Waals surface area contributed by atoms with E-state index < -0.39 is 15.3 Å². The van der Waals surface area contributed by atoms with Gasteiger partial charge in [-0.25, -0.2) is 18.1 Å². The lowest BCUT2D eigenvalue weighted by molar-refractivity contribution is 0.560. The molecule has 0 saturated heterocycles. The Labute approximate surface area is 102 Å². The largest absolute Gasteiger partial charge is 0.338 e. The Kier molecular flexibility index (Phi) is 5.10. The van der Waals surface area contributed by atoms with Crippen molar-refractivity contribution in [3.05, 3.63) is 18.2 Å². The zero-order valence-corrected chi connectivity index (χ0v) is 11.1. The quantitative estimate of drug-likeness (QED) is 0.699. The lowest BCUT2D eigenvalue weighted by Crippen LogP contribution is -2.39. The highest BCUT2D eigenvalue weighted by molar-refractivity contribution is 7.90. The van der Waals surface area contributed by atoms with Gasteiger partial charge in [-0.1, -0.05) is 6.92 Å². The van der Waals surface area contributed by atoms with Gasteiger partial charge in [-0.3, -0.25) is 0 Å². The van der Waals surface area contributed by atoms with Gasteiger partial charge in [0, 0.05) is 39.0 Å². The third-order valence-corrected chi connectivity index (χ3v) is 4.74. The van der Waals surface area contributed by atoms with Gasteiger partial charge in [-0.15, -0.1) is 0 Å². The Balaban J connectivity index is 2.48. The van der Waals surface area contributed by atoms with Gasteiger partial charge in [0.1, 0.15) is 5.82 Å². The number of rotatable bonds is 7. The topological polar surface area (TPSA) is 90.0 Å². The number of nitrogens with zero attached hydrogens (tertiary/aromatic N) is 2. The maximum absolute atomic E-state index is 11.8. The number of hydrogen-bond donors (Lipinski definition) is 2. The molecule has 1 heterocycles. The molecule has 1 atom stereocenters. The van der Waals surface area contributed by atoms with E-state index in [0.29, 0.717) is 19.4 Å². The van der Waals surface area contributed by atoms with Gasteiger partial charge in [-0.05, 0) is 6.42 Å². The van der Waals surface area contributed by atoms with Gasteiger partial charge in [0.15, 0.2) is 0 Å². The molecule has 0 fully saturated rings. The van der Waals surface area contributed by atoms with E-state index in [1.807, 2.05) is 24.7 Å². The van der Waals surface area contributed by atoms with Crippen LogP contribution < -0.4 is 10.5 Å². The summed E-state index contributed by atoms with van der Waals surface area (Å²) in [6.07, 6.45) is 4.62. The summed E-state index contributed by atoms with van der Waals surface area (Å²) in [5, 5.41) is -0.510. The number of sulfonamides is 1. The molecule has 17 heavy (non-hydrogen) atoms. The molecule has 0 aromatic carbocycles. The molecule has 0 aliphatic heterocycles. The average molecular weight is 260 g/mol. The third-order valence-electron chi connectivity index (χ3n) is 2.73. The molecule has 1 aromatic heterocycles. The average Bonchev–Trinajstić information content (AvgIpc) is 2.65. The highest BCUT2D eigenvalue weighted by atomic mass is 32.2. The summed E-state index contributed by atoms with van der Waals surface area (Å²) in [5.41, 5.74) is 5.42. The van der Waals surface area contributed by atoms with Gasteiger partial charge in [-0.2, -0.15) is 0 Å². The number of aryl methyl sites for hydroxylation is 1. The Hall–Kier alpha value is -0.920. The number of nitrogens with two attached hydrogens (primary N) is 1. The van der Waals surface area contributed by atoms with Crippen LogP contribution in [0, 0.1) is 0 Å². The molecule has 0 aliphatic rings. The summed E-state index contributed by atoms with van der Waals surface area (Å²) in [4.78, 5) is 4.12. The molecule has 0 spiro atoms. The Morgan fingerprint density at radius 2 is 2.29 bits per heavy atom. The second-order valence-corrected chi connectivity index (χ2v) is 5.96. The fourth-order valence-corrected chi connectivity index (χ4v) is 2.89. The van der Waals surface area contributed by atoms with Crippen LogP contribution >= 0.6 is 0 Å². The molecule has 1 rings (SSSR count). The summed E-state index contributed by atoms with van der Waals surface area (Å²) in [6.45, 7) is 2.31. The number of nitrogens with one attached hydrogen (secondary N) is 1. The number of aromatic nitrogens is 2. The summed E-state index contributed by atoms with van der Waals surface area (Å²) in [7, 11) is -1.42. The van der Waals surface area contributed by atoms with Gasteiger partial charge < -0.3 is 10.3 Å². The molecular formula is C10H20N4O2S. The Morgan fingerprint density at radius 1 is 1.59 bits per heavy atom. The third kappa shape index (κ3) is 3.79. The van der Waals surface area contributed by atoms with Crippen LogP contribution in [-0.2, 0) is 23.5 Å². The Morgan fingerprint density at radius 3 is 2.76 bits per heavy atom. The fourth-order valence-electron chi connectivity index (χ4n) is 1.57. The van der Waals surface area contributed by atoms with Gasteiger partial charge in [0.25, 0.3) is 0 Å². The minimum atomic E-state index is -3.30. The second kappa shape index (κ2) is 6.13. The van der Waals surface area contributed by atoms with Crippen molar-refractivity contribution in [1.29, 1.82) is 0 Å². The molecule has 98 valence electrons. The lowest BCUT2D eigenvalue weighted by Gasteiger charge is -2.14. The van der Waals surface area contributed by atoms with E-state index >= 15 is 0 Å². The van der Waals surface area contributed by atoms with Crippen LogP contribution in [0.5, 0.6) is 0 Å². The predicted molar refractivity (Wildman–Crippen MR) is 67.0 cm³/mol. The van der Waals surface area contributed by atoms with Crippen LogP contribution in [0.25, 0.3) is 0 Å². The van der Waals surface area contributed by atoms with E-state index in [9.17, 15) is 8.42 Å². The SMILES string of the molecule is CCC(CN)S(=O)(=O)NCCc1nccn1C. The molecule has 0 amide bonds. The molecule has 3 N–H and O–H groups in total. The van der Waals surface area contributed by atoms with Crippen LogP contribution in [-0.4, -0.2) is 36.3 Å². The highest BCUT2D eigenvalue weighted by Crippen LogP contribution is 2.02. The molecule has 0 aliphatic carbocycles. The maximum Gasteiger partial charge on any atom is 0.215 e. The first-order chi connectivity index (χ1) is 8.01. The number of imidazole rings is 1. The van der Waals surface area contributed by atoms with Crippen molar-refractivity contribution in [1.82, 2.24) is 14.3 Å². The first-order valence-corrected chi connectivity index (χ1v) is 7.20. The van der Waals surface area contributed by atoms with E-state index in [2.05, 4.69) is 9.71 Å². The first-order valence-electron chi connectivity index (χ1n) is 5.66. The van der Waals surface area contributed by atoms with Crippen molar-refractivity contribution >= 4 is 10.0 Å². The molecule has 7 heteroatoms. The zero-order chi connectivity index (χ0) is 12.9. The van der Waals surface area contributed by atoms with Crippen LogP contribution in [0.4, 0.5) is 0 Å². The first kappa shape index (κ1) is 14.1. The van der Waals surface area contributed by atoms with Crippen LogP contribution in [0.2, 0.25) is 0 Å². The Bertz CT molecular complexity index is 437. The van der Waals surface area contributed by atoms with Gasteiger partial charge in [0.2, 0.25) is 10.0 Å². The van der Waals surface area contributed by atoms with E-state index in [1.54, 1.807) is 6.20 Å². The fraction of sp³-hybridized carbons (Fsp3) is 0.700. The summed E-state index contributed by atoms with van der Waals surface area (Å²) in [6, 6.07) is 0. The predicted octanol–water partition coefficient (Wildman–Crippen LogP) is -0.381. The summed E-state index contributed by atoms with van der Waals surface area (Å²) < 4.78 is 28.0. The van der Waals surface area contributed by atoms with Crippen molar-refractivity contribution < 1.29 is 8.42 Å². The maximum atomic E-state index is 11.8.